The lowest BCUT2D eigenvalue weighted by Crippen LogP contribution is -2.18. The third-order valence-corrected chi connectivity index (χ3v) is 7.42. The van der Waals surface area contributed by atoms with Gasteiger partial charge in [-0.1, -0.05) is 18.2 Å². The molecule has 0 fully saturated rings. The third kappa shape index (κ3) is 4.93. The first-order chi connectivity index (χ1) is 19.7. The van der Waals surface area contributed by atoms with E-state index in [0.29, 0.717) is 11.3 Å². The number of fused-ring (bicyclic) bond motifs is 2. The molecule has 0 radical (unpaired) electrons. The van der Waals surface area contributed by atoms with Crippen molar-refractivity contribution in [1.82, 2.24) is 4.98 Å². The fraction of sp³-hybridized carbons (Fsp3) is 0.172. The Hall–Kier alpha value is -4.97. The summed E-state index contributed by atoms with van der Waals surface area (Å²) in [4.78, 5) is 18.2. The van der Waals surface area contributed by atoms with Crippen LogP contribution in [-0.4, -0.2) is 49.0 Å². The van der Waals surface area contributed by atoms with Gasteiger partial charge >= 0.3 is 10.1 Å². The number of hydrogen-bond acceptors (Lipinski definition) is 11. The van der Waals surface area contributed by atoms with Gasteiger partial charge in [-0.2, -0.15) is 8.42 Å². The highest BCUT2D eigenvalue weighted by Crippen LogP contribution is 2.44. The third-order valence-electron chi connectivity index (χ3n) is 6.30. The van der Waals surface area contributed by atoms with E-state index in [4.69, 9.17) is 32.3 Å². The molecule has 3 aromatic carbocycles. The molecule has 5 aromatic rings. The van der Waals surface area contributed by atoms with Crippen molar-refractivity contribution >= 4 is 32.0 Å². The molecule has 41 heavy (non-hydrogen) atoms. The highest BCUT2D eigenvalue weighted by Gasteiger charge is 2.29. The number of rotatable bonds is 9. The van der Waals surface area contributed by atoms with Crippen molar-refractivity contribution in [3.05, 3.63) is 70.9 Å². The van der Waals surface area contributed by atoms with Crippen LogP contribution in [0, 0.1) is 0 Å². The van der Waals surface area contributed by atoms with Crippen molar-refractivity contribution < 1.29 is 40.7 Å². The molecule has 0 bridgehead atoms. The van der Waals surface area contributed by atoms with E-state index in [1.165, 1.54) is 65.9 Å². The zero-order valence-electron chi connectivity index (χ0n) is 22.7. The molecule has 2 heterocycles. The molecule has 12 heteroatoms. The molecule has 0 amide bonds. The Kier molecular flexibility index (Phi) is 7.33. The monoisotopic (exact) mass is 579 g/mol. The first kappa shape index (κ1) is 27.6. The van der Waals surface area contributed by atoms with Gasteiger partial charge in [-0.25, -0.2) is 4.98 Å². The number of nitrogens with zero attached hydrogens (tertiary/aromatic N) is 1. The van der Waals surface area contributed by atoms with E-state index >= 15 is 0 Å². The minimum absolute atomic E-state index is 0.0545. The van der Waals surface area contributed by atoms with Crippen LogP contribution in [0.5, 0.6) is 34.5 Å². The molecule has 0 saturated heterocycles. The van der Waals surface area contributed by atoms with E-state index in [9.17, 15) is 13.2 Å². The standard InChI is InChI=1S/C29H25NO10S/c1-34-18-14-20(35-2)25-21(15-18)39-27(17-12-22(36-3)28(38-5)23(13-17)37-4)29(26(25)31)40-41(32,33)24-11-10-16-8-6-7-9-19(16)30-24/h6-15H,1-5H3. The summed E-state index contributed by atoms with van der Waals surface area (Å²) in [5, 5.41) is 0.280. The summed E-state index contributed by atoms with van der Waals surface area (Å²) in [7, 11) is 2.45. The van der Waals surface area contributed by atoms with E-state index in [0.717, 1.165) is 5.39 Å². The van der Waals surface area contributed by atoms with Crippen molar-refractivity contribution in [1.29, 1.82) is 0 Å². The smallest absolute Gasteiger partial charge is 0.357 e. The molecule has 5 rings (SSSR count). The maximum atomic E-state index is 14.0. The lowest BCUT2D eigenvalue weighted by Gasteiger charge is -2.16. The predicted molar refractivity (Wildman–Crippen MR) is 150 cm³/mol. The Labute approximate surface area is 234 Å². The molecular weight excluding hydrogens is 554 g/mol. The molecule has 0 aliphatic carbocycles. The lowest BCUT2D eigenvalue weighted by molar-refractivity contribution is 0.324. The fourth-order valence-corrected chi connectivity index (χ4v) is 5.24. The van der Waals surface area contributed by atoms with E-state index < -0.39 is 26.3 Å². The maximum absolute atomic E-state index is 14.0. The van der Waals surface area contributed by atoms with E-state index in [-0.39, 0.29) is 45.3 Å². The quantitative estimate of drug-likeness (QED) is 0.223. The molecule has 0 aliphatic heterocycles. The van der Waals surface area contributed by atoms with Crippen LogP contribution in [-0.2, 0) is 10.1 Å². The van der Waals surface area contributed by atoms with Crippen LogP contribution in [0.25, 0.3) is 33.2 Å². The number of methoxy groups -OCH3 is 5. The van der Waals surface area contributed by atoms with Crippen LogP contribution >= 0.6 is 0 Å². The molecule has 0 aliphatic rings. The number of hydrogen-bond donors (Lipinski definition) is 0. The van der Waals surface area contributed by atoms with Crippen molar-refractivity contribution in [2.24, 2.45) is 0 Å². The molecule has 0 saturated carbocycles. The number of aromatic nitrogens is 1. The fourth-order valence-electron chi connectivity index (χ4n) is 4.34. The van der Waals surface area contributed by atoms with Gasteiger partial charge in [0.25, 0.3) is 0 Å². The van der Waals surface area contributed by atoms with Crippen LogP contribution in [0.4, 0.5) is 0 Å². The summed E-state index contributed by atoms with van der Waals surface area (Å²) in [6.45, 7) is 0. The van der Waals surface area contributed by atoms with Crippen LogP contribution in [0.2, 0.25) is 0 Å². The van der Waals surface area contributed by atoms with Gasteiger partial charge in [-0.15, -0.1) is 0 Å². The molecule has 2 aromatic heterocycles. The van der Waals surface area contributed by atoms with Crippen molar-refractivity contribution in [2.45, 2.75) is 5.03 Å². The Balaban J connectivity index is 1.80. The van der Waals surface area contributed by atoms with E-state index in [1.54, 1.807) is 30.3 Å². The molecule has 11 nitrogen and oxygen atoms in total. The van der Waals surface area contributed by atoms with Crippen LogP contribution in [0.3, 0.4) is 0 Å². The predicted octanol–water partition coefficient (Wildman–Crippen LogP) is 4.82. The highest BCUT2D eigenvalue weighted by atomic mass is 32.2. The van der Waals surface area contributed by atoms with Gasteiger partial charge in [0.2, 0.25) is 16.9 Å². The van der Waals surface area contributed by atoms with Gasteiger partial charge in [-0.05, 0) is 30.3 Å². The summed E-state index contributed by atoms with van der Waals surface area (Å²) in [5.74, 6) is 0.341. The second-order valence-corrected chi connectivity index (χ2v) is 10.1. The van der Waals surface area contributed by atoms with E-state index in [2.05, 4.69) is 4.98 Å². The summed E-state index contributed by atoms with van der Waals surface area (Å²) in [6, 6.07) is 15.8. The van der Waals surface area contributed by atoms with Gasteiger partial charge in [0.05, 0.1) is 41.1 Å². The Morgan fingerprint density at radius 2 is 1.41 bits per heavy atom. The number of para-hydroxylation sites is 1. The molecule has 0 spiro atoms. The van der Waals surface area contributed by atoms with Gasteiger partial charge in [0.1, 0.15) is 22.5 Å². The van der Waals surface area contributed by atoms with E-state index in [1.807, 2.05) is 0 Å². The highest BCUT2D eigenvalue weighted by molar-refractivity contribution is 7.87. The topological polar surface area (TPSA) is 133 Å². The maximum Gasteiger partial charge on any atom is 0.357 e. The molecule has 212 valence electrons. The molecule has 0 unspecified atom stereocenters. The average Bonchev–Trinajstić information content (AvgIpc) is 3.00. The Morgan fingerprint density at radius 1 is 0.732 bits per heavy atom. The normalized spacial score (nSPS) is 11.3. The van der Waals surface area contributed by atoms with Gasteiger partial charge < -0.3 is 32.3 Å². The average molecular weight is 580 g/mol. The van der Waals surface area contributed by atoms with Crippen LogP contribution in [0.1, 0.15) is 0 Å². The van der Waals surface area contributed by atoms with Gasteiger partial charge in [0.15, 0.2) is 22.3 Å². The largest absolute Gasteiger partial charge is 0.496 e. The number of ether oxygens (including phenoxy) is 5. The molecule has 0 N–H and O–H groups in total. The minimum atomic E-state index is -4.63. The Morgan fingerprint density at radius 3 is 2.05 bits per heavy atom. The van der Waals surface area contributed by atoms with Crippen LogP contribution in [0.15, 0.2) is 74.9 Å². The summed E-state index contributed by atoms with van der Waals surface area (Å²) < 4.78 is 65.8. The van der Waals surface area contributed by atoms with Crippen LogP contribution < -0.4 is 33.3 Å². The summed E-state index contributed by atoms with van der Waals surface area (Å²) in [5.41, 5.74) is -0.110. The first-order valence-electron chi connectivity index (χ1n) is 12.1. The molecular formula is C29H25NO10S. The summed E-state index contributed by atoms with van der Waals surface area (Å²) in [6.07, 6.45) is 0. The zero-order chi connectivity index (χ0) is 29.3. The SMILES string of the molecule is COc1cc(OC)c2c(=O)c(OS(=O)(=O)c3ccc4ccccc4n3)c(-c3cc(OC)c(OC)c(OC)c3)oc2c1. The zero-order valence-corrected chi connectivity index (χ0v) is 23.5. The Bertz CT molecular complexity index is 1920. The van der Waals surface area contributed by atoms with Crippen molar-refractivity contribution in [3.63, 3.8) is 0 Å². The summed E-state index contributed by atoms with van der Waals surface area (Å²) >= 11 is 0. The van der Waals surface area contributed by atoms with Gasteiger partial charge in [0, 0.05) is 23.1 Å². The second-order valence-electron chi connectivity index (χ2n) is 8.59. The second kappa shape index (κ2) is 10.9. The minimum Gasteiger partial charge on any atom is -0.496 e. The molecule has 0 atom stereocenters. The van der Waals surface area contributed by atoms with Gasteiger partial charge in [-0.3, -0.25) is 4.79 Å². The van der Waals surface area contributed by atoms with Crippen molar-refractivity contribution in [2.75, 3.05) is 35.5 Å². The van der Waals surface area contributed by atoms with Crippen molar-refractivity contribution in [3.8, 4) is 45.8 Å². The lowest BCUT2D eigenvalue weighted by atomic mass is 10.1. The number of pyridine rings is 1. The first-order valence-corrected chi connectivity index (χ1v) is 13.5. The number of benzene rings is 3.